The van der Waals surface area contributed by atoms with Gasteiger partial charge in [-0.3, -0.25) is 0 Å². The quantitative estimate of drug-likeness (QED) is 0.797. The fourth-order valence-electron chi connectivity index (χ4n) is 3.63. The molecule has 0 amide bonds. The molecule has 0 heterocycles. The van der Waals surface area contributed by atoms with E-state index in [1.54, 1.807) is 30.3 Å². The highest BCUT2D eigenvalue weighted by Crippen LogP contribution is 2.63. The molecule has 1 aliphatic carbocycles. The third-order valence-electron chi connectivity index (χ3n) is 5.00. The lowest BCUT2D eigenvalue weighted by Gasteiger charge is -2.08. The van der Waals surface area contributed by atoms with Crippen LogP contribution >= 0.6 is 0 Å². The van der Waals surface area contributed by atoms with Crippen molar-refractivity contribution in [2.75, 3.05) is 13.7 Å². The van der Waals surface area contributed by atoms with Crippen LogP contribution in [-0.4, -0.2) is 27.4 Å². The molecule has 4 nitrogen and oxygen atoms in total. The van der Waals surface area contributed by atoms with Crippen molar-refractivity contribution in [2.45, 2.75) is 29.4 Å². The van der Waals surface area contributed by atoms with Crippen LogP contribution in [0.5, 0.6) is 0 Å². The molecule has 0 N–H and O–H groups in total. The summed E-state index contributed by atoms with van der Waals surface area (Å²) >= 11 is 0. The summed E-state index contributed by atoms with van der Waals surface area (Å²) in [6.45, 7) is 2.17. The van der Waals surface area contributed by atoms with Gasteiger partial charge in [0.25, 0.3) is 0 Å². The van der Waals surface area contributed by atoms with Gasteiger partial charge in [0.05, 0.1) is 22.8 Å². The first-order valence-electron chi connectivity index (χ1n) is 8.29. The number of hydrogen-bond donors (Lipinski definition) is 0. The van der Waals surface area contributed by atoms with Crippen LogP contribution in [0.15, 0.2) is 59.5 Å². The average molecular weight is 355 g/mol. The van der Waals surface area contributed by atoms with Gasteiger partial charge in [0, 0.05) is 13.0 Å². The van der Waals surface area contributed by atoms with E-state index in [2.05, 4.69) is 13.0 Å². The van der Waals surface area contributed by atoms with Crippen molar-refractivity contribution in [3.8, 4) is 6.07 Å². The second-order valence-corrected chi connectivity index (χ2v) is 8.51. The van der Waals surface area contributed by atoms with Gasteiger partial charge < -0.3 is 4.74 Å². The Morgan fingerprint density at radius 3 is 2.28 bits per heavy atom. The molecule has 0 radical (unpaired) electrons. The Hall–Kier alpha value is -2.16. The van der Waals surface area contributed by atoms with Gasteiger partial charge in [0.15, 0.2) is 9.84 Å². The van der Waals surface area contributed by atoms with E-state index in [1.165, 1.54) is 12.7 Å². The number of nitrogens with zero attached hydrogens (tertiary/aromatic N) is 1. The maximum atomic E-state index is 13.1. The predicted octanol–water partition coefficient (Wildman–Crippen LogP) is 3.35. The third kappa shape index (κ3) is 2.86. The summed E-state index contributed by atoms with van der Waals surface area (Å²) in [5.74, 6) is -0.381. The van der Waals surface area contributed by atoms with Crippen LogP contribution in [0.4, 0.5) is 0 Å². The number of hydrogen-bond acceptors (Lipinski definition) is 4. The van der Waals surface area contributed by atoms with Gasteiger partial charge in [0.1, 0.15) is 5.41 Å². The molecule has 0 saturated heterocycles. The zero-order valence-corrected chi connectivity index (χ0v) is 15.2. The molecule has 2 aromatic rings. The van der Waals surface area contributed by atoms with E-state index in [1.807, 2.05) is 24.3 Å². The molecule has 0 spiro atoms. The van der Waals surface area contributed by atoms with E-state index in [9.17, 15) is 13.7 Å². The van der Waals surface area contributed by atoms with Crippen molar-refractivity contribution in [2.24, 2.45) is 5.41 Å². The Bertz CT molecular complexity index is 885. The topological polar surface area (TPSA) is 67.2 Å². The summed E-state index contributed by atoms with van der Waals surface area (Å²) in [5.41, 5.74) is 1.01. The lowest BCUT2D eigenvalue weighted by molar-refractivity contribution is 0.162. The van der Waals surface area contributed by atoms with Crippen LogP contribution in [-0.2, 0) is 21.0 Å². The van der Waals surface area contributed by atoms with Crippen LogP contribution in [0.3, 0.4) is 0 Å². The van der Waals surface area contributed by atoms with E-state index < -0.39 is 20.5 Å². The zero-order valence-electron chi connectivity index (χ0n) is 14.3. The van der Waals surface area contributed by atoms with Gasteiger partial charge in [-0.05, 0) is 29.7 Å². The highest BCUT2D eigenvalue weighted by molar-refractivity contribution is 7.92. The molecule has 3 atom stereocenters. The van der Waals surface area contributed by atoms with E-state index in [-0.39, 0.29) is 17.4 Å². The lowest BCUT2D eigenvalue weighted by Crippen LogP contribution is -2.19. The second-order valence-electron chi connectivity index (χ2n) is 6.44. The van der Waals surface area contributed by atoms with Gasteiger partial charge in [-0.1, -0.05) is 49.4 Å². The molecule has 1 fully saturated rings. The number of nitriles is 1. The largest absolute Gasteiger partial charge is 0.383 e. The molecule has 1 aliphatic rings. The second kappa shape index (κ2) is 6.62. The van der Waals surface area contributed by atoms with Gasteiger partial charge in [-0.15, -0.1) is 0 Å². The molecule has 0 aromatic heterocycles. The Labute approximate surface area is 149 Å². The molecule has 0 unspecified atom stereocenters. The zero-order chi connectivity index (χ0) is 18.1. The Balaban J connectivity index is 2.05. The Morgan fingerprint density at radius 1 is 1.12 bits per heavy atom. The van der Waals surface area contributed by atoms with Crippen molar-refractivity contribution in [3.63, 3.8) is 0 Å². The fraction of sp³-hybridized carbons (Fsp3) is 0.350. The van der Waals surface area contributed by atoms with Crippen molar-refractivity contribution in [1.29, 1.82) is 5.26 Å². The predicted molar refractivity (Wildman–Crippen MR) is 95.9 cm³/mol. The molecule has 3 rings (SSSR count). The average Bonchev–Trinajstić information content (AvgIpc) is 3.32. The molecular weight excluding hydrogens is 334 g/mol. The first kappa shape index (κ1) is 17.7. The number of ether oxygens (including phenoxy) is 1. The summed E-state index contributed by atoms with van der Waals surface area (Å²) in [5, 5.41) is 9.01. The van der Waals surface area contributed by atoms with Crippen LogP contribution < -0.4 is 0 Å². The number of methoxy groups -OCH3 is 1. The van der Waals surface area contributed by atoms with E-state index in [4.69, 9.17) is 4.74 Å². The van der Waals surface area contributed by atoms with Crippen LogP contribution in [0.25, 0.3) is 0 Å². The molecule has 0 bridgehead atoms. The monoisotopic (exact) mass is 355 g/mol. The summed E-state index contributed by atoms with van der Waals surface area (Å²) in [6, 6.07) is 18.5. The SMILES string of the molecule is CCc1ccc([C@@H]2[C@@H](S(=O)(=O)c3ccccc3)[C@@]2(C#N)COC)cc1. The number of aryl methyl sites for hydroxylation is 1. The highest BCUT2D eigenvalue weighted by atomic mass is 32.2. The molecule has 5 heteroatoms. The van der Waals surface area contributed by atoms with Crippen molar-refractivity contribution in [3.05, 3.63) is 65.7 Å². The molecule has 1 saturated carbocycles. The molecule has 2 aromatic carbocycles. The van der Waals surface area contributed by atoms with Crippen molar-refractivity contribution >= 4 is 9.84 Å². The van der Waals surface area contributed by atoms with Gasteiger partial charge in [-0.2, -0.15) is 5.26 Å². The summed E-state index contributed by atoms with van der Waals surface area (Å²) < 4.78 is 31.5. The van der Waals surface area contributed by atoms with Crippen molar-refractivity contribution in [1.82, 2.24) is 0 Å². The maximum Gasteiger partial charge on any atom is 0.183 e. The first-order chi connectivity index (χ1) is 12.0. The Kier molecular flexibility index (Phi) is 4.68. The summed E-state index contributed by atoms with van der Waals surface area (Å²) in [6.07, 6.45) is 0.915. The lowest BCUT2D eigenvalue weighted by atomic mass is 10.00. The smallest absolute Gasteiger partial charge is 0.183 e. The van der Waals surface area contributed by atoms with Gasteiger partial charge in [0.2, 0.25) is 0 Å². The standard InChI is InChI=1S/C20H21NO3S/c1-3-15-9-11-16(12-10-15)18-19(20(18,13-21)14-24-2)25(22,23)17-7-5-4-6-8-17/h4-12,18-19H,3,14H2,1-2H3/t18-,19-,20+/m1/s1. The summed E-state index contributed by atoms with van der Waals surface area (Å²) in [4.78, 5) is 0.253. The van der Waals surface area contributed by atoms with E-state index in [0.29, 0.717) is 0 Å². The molecule has 0 aliphatic heterocycles. The molecular formula is C20H21NO3S. The van der Waals surface area contributed by atoms with Gasteiger partial charge >= 0.3 is 0 Å². The number of rotatable bonds is 6. The minimum Gasteiger partial charge on any atom is -0.383 e. The van der Waals surface area contributed by atoms with Crippen LogP contribution in [0, 0.1) is 16.7 Å². The van der Waals surface area contributed by atoms with Crippen LogP contribution in [0.2, 0.25) is 0 Å². The summed E-state index contributed by atoms with van der Waals surface area (Å²) in [7, 11) is -2.12. The van der Waals surface area contributed by atoms with Gasteiger partial charge in [-0.25, -0.2) is 8.42 Å². The molecule has 25 heavy (non-hydrogen) atoms. The highest BCUT2D eigenvalue weighted by Gasteiger charge is 2.72. The Morgan fingerprint density at radius 2 is 1.76 bits per heavy atom. The van der Waals surface area contributed by atoms with E-state index in [0.717, 1.165) is 12.0 Å². The fourth-order valence-corrected chi connectivity index (χ4v) is 5.96. The first-order valence-corrected chi connectivity index (χ1v) is 9.84. The maximum absolute atomic E-state index is 13.1. The minimum atomic E-state index is -3.62. The number of benzene rings is 2. The molecule has 130 valence electrons. The van der Waals surface area contributed by atoms with Crippen molar-refractivity contribution < 1.29 is 13.2 Å². The van der Waals surface area contributed by atoms with E-state index >= 15 is 0 Å². The normalized spacial score (nSPS) is 25.3. The van der Waals surface area contributed by atoms with Crippen LogP contribution in [0.1, 0.15) is 24.0 Å². The minimum absolute atomic E-state index is 0.0976. The number of sulfone groups is 1. The third-order valence-corrected chi connectivity index (χ3v) is 7.29.